The molecule has 0 unspecified atom stereocenters. The van der Waals surface area contributed by atoms with Gasteiger partial charge in [-0.1, -0.05) is 36.7 Å². The van der Waals surface area contributed by atoms with Crippen LogP contribution in [0, 0.1) is 0 Å². The minimum Gasteiger partial charge on any atom is -0.294 e. The Morgan fingerprint density at radius 1 is 1.33 bits per heavy atom. The van der Waals surface area contributed by atoms with E-state index in [1.54, 1.807) is 0 Å². The minimum atomic E-state index is 0.669. The first-order valence-corrected chi connectivity index (χ1v) is 8.10. The van der Waals surface area contributed by atoms with Gasteiger partial charge in [0.1, 0.15) is 0 Å². The normalized spacial score (nSPS) is 11.7. The van der Waals surface area contributed by atoms with Gasteiger partial charge in [-0.05, 0) is 25.3 Å². The zero-order valence-electron chi connectivity index (χ0n) is 12.1. The summed E-state index contributed by atoms with van der Waals surface area (Å²) in [5, 5.41) is 5.56. The standard InChI is InChI=1S/C14H26BrN3/c1-5-12-10-14(17(4)16-12)11-18(9-8-15)13(6-2)7-3/h10,13H,5-9,11H2,1-4H3. The number of hydrogen-bond acceptors (Lipinski definition) is 2. The van der Waals surface area contributed by atoms with Crippen LogP contribution in [-0.4, -0.2) is 32.6 Å². The van der Waals surface area contributed by atoms with Crippen molar-refractivity contribution >= 4 is 15.9 Å². The van der Waals surface area contributed by atoms with Gasteiger partial charge in [-0.15, -0.1) is 0 Å². The van der Waals surface area contributed by atoms with Crippen LogP contribution in [0.15, 0.2) is 6.07 Å². The Bertz CT molecular complexity index is 345. The maximum atomic E-state index is 4.53. The first-order chi connectivity index (χ1) is 8.65. The van der Waals surface area contributed by atoms with Gasteiger partial charge in [0.25, 0.3) is 0 Å². The van der Waals surface area contributed by atoms with Crippen LogP contribution in [0.25, 0.3) is 0 Å². The molecule has 104 valence electrons. The van der Waals surface area contributed by atoms with Gasteiger partial charge in [-0.3, -0.25) is 9.58 Å². The average Bonchev–Trinajstić information content (AvgIpc) is 2.72. The molecule has 0 bridgehead atoms. The van der Waals surface area contributed by atoms with Crippen LogP contribution in [0.4, 0.5) is 0 Å². The Kier molecular flexibility index (Phi) is 6.94. The Labute approximate surface area is 120 Å². The highest BCUT2D eigenvalue weighted by Gasteiger charge is 2.16. The van der Waals surface area contributed by atoms with Gasteiger partial charge in [-0.2, -0.15) is 5.10 Å². The van der Waals surface area contributed by atoms with Gasteiger partial charge in [0.05, 0.1) is 11.4 Å². The second kappa shape index (κ2) is 7.95. The lowest BCUT2D eigenvalue weighted by molar-refractivity contribution is 0.184. The lowest BCUT2D eigenvalue weighted by Crippen LogP contribution is -2.36. The van der Waals surface area contributed by atoms with Crippen molar-refractivity contribution in [2.24, 2.45) is 7.05 Å². The molecular formula is C14H26BrN3. The summed E-state index contributed by atoms with van der Waals surface area (Å²) in [7, 11) is 2.05. The molecule has 0 spiro atoms. The Morgan fingerprint density at radius 3 is 2.44 bits per heavy atom. The highest BCUT2D eigenvalue weighted by Crippen LogP contribution is 2.14. The SMILES string of the molecule is CCc1cc(CN(CCBr)C(CC)CC)n(C)n1. The van der Waals surface area contributed by atoms with E-state index in [0.29, 0.717) is 6.04 Å². The molecule has 3 nitrogen and oxygen atoms in total. The number of aryl methyl sites for hydroxylation is 2. The van der Waals surface area contributed by atoms with Crippen molar-refractivity contribution in [3.05, 3.63) is 17.5 Å². The van der Waals surface area contributed by atoms with Crippen LogP contribution in [0.2, 0.25) is 0 Å². The van der Waals surface area contributed by atoms with Crippen molar-refractivity contribution in [3.63, 3.8) is 0 Å². The fraction of sp³-hybridized carbons (Fsp3) is 0.786. The van der Waals surface area contributed by atoms with Gasteiger partial charge in [0, 0.05) is 31.5 Å². The number of hydrogen-bond donors (Lipinski definition) is 0. The molecule has 0 amide bonds. The van der Waals surface area contributed by atoms with E-state index in [9.17, 15) is 0 Å². The van der Waals surface area contributed by atoms with E-state index in [-0.39, 0.29) is 0 Å². The lowest BCUT2D eigenvalue weighted by atomic mass is 10.1. The third-order valence-corrected chi connectivity index (χ3v) is 3.94. The molecule has 1 aromatic heterocycles. The summed E-state index contributed by atoms with van der Waals surface area (Å²) in [6.45, 7) is 8.80. The van der Waals surface area contributed by atoms with Gasteiger partial charge in [0.2, 0.25) is 0 Å². The molecule has 0 fully saturated rings. The maximum absolute atomic E-state index is 4.53. The van der Waals surface area contributed by atoms with Gasteiger partial charge in [-0.25, -0.2) is 0 Å². The number of rotatable bonds is 8. The fourth-order valence-corrected chi connectivity index (χ4v) is 2.86. The van der Waals surface area contributed by atoms with Crippen LogP contribution in [-0.2, 0) is 20.0 Å². The summed E-state index contributed by atoms with van der Waals surface area (Å²) in [4.78, 5) is 2.56. The van der Waals surface area contributed by atoms with Crippen molar-refractivity contribution in [2.75, 3.05) is 11.9 Å². The number of nitrogens with zero attached hydrogens (tertiary/aromatic N) is 3. The summed E-state index contributed by atoms with van der Waals surface area (Å²) in [5.41, 5.74) is 2.51. The minimum absolute atomic E-state index is 0.669. The van der Waals surface area contributed by atoms with Crippen LogP contribution in [0.5, 0.6) is 0 Å². The molecule has 0 radical (unpaired) electrons. The van der Waals surface area contributed by atoms with E-state index >= 15 is 0 Å². The second-order valence-corrected chi connectivity index (χ2v) is 5.53. The van der Waals surface area contributed by atoms with Gasteiger partial charge < -0.3 is 0 Å². The van der Waals surface area contributed by atoms with Crippen LogP contribution >= 0.6 is 15.9 Å². The summed E-state index contributed by atoms with van der Waals surface area (Å²) in [6, 6.07) is 2.91. The third-order valence-electron chi connectivity index (χ3n) is 3.59. The summed E-state index contributed by atoms with van der Waals surface area (Å²) < 4.78 is 2.03. The smallest absolute Gasteiger partial charge is 0.0625 e. The average molecular weight is 316 g/mol. The van der Waals surface area contributed by atoms with Crippen LogP contribution in [0.1, 0.15) is 45.0 Å². The van der Waals surface area contributed by atoms with Crippen molar-refractivity contribution < 1.29 is 0 Å². The Morgan fingerprint density at radius 2 is 2.00 bits per heavy atom. The molecule has 0 saturated carbocycles. The first-order valence-electron chi connectivity index (χ1n) is 6.97. The van der Waals surface area contributed by atoms with E-state index < -0.39 is 0 Å². The number of alkyl halides is 1. The molecule has 1 heterocycles. The van der Waals surface area contributed by atoms with E-state index in [1.165, 1.54) is 24.2 Å². The Balaban J connectivity index is 2.78. The van der Waals surface area contributed by atoms with Crippen molar-refractivity contribution in [1.29, 1.82) is 0 Å². The molecule has 0 saturated heterocycles. The molecule has 4 heteroatoms. The molecule has 0 atom stereocenters. The molecule has 18 heavy (non-hydrogen) atoms. The van der Waals surface area contributed by atoms with E-state index in [2.05, 4.69) is 52.8 Å². The summed E-state index contributed by atoms with van der Waals surface area (Å²) >= 11 is 3.56. The fourth-order valence-electron chi connectivity index (χ4n) is 2.40. The van der Waals surface area contributed by atoms with Gasteiger partial charge in [0.15, 0.2) is 0 Å². The topological polar surface area (TPSA) is 21.1 Å². The first kappa shape index (κ1) is 15.7. The van der Waals surface area contributed by atoms with Crippen molar-refractivity contribution in [2.45, 2.75) is 52.6 Å². The second-order valence-electron chi connectivity index (χ2n) is 4.73. The predicted octanol–water partition coefficient (Wildman–Crippen LogP) is 3.37. The monoisotopic (exact) mass is 315 g/mol. The van der Waals surface area contributed by atoms with E-state index in [0.717, 1.165) is 24.8 Å². The summed E-state index contributed by atoms with van der Waals surface area (Å²) in [5.74, 6) is 0. The molecular weight excluding hydrogens is 290 g/mol. The van der Waals surface area contributed by atoms with Crippen LogP contribution < -0.4 is 0 Å². The van der Waals surface area contributed by atoms with Crippen LogP contribution in [0.3, 0.4) is 0 Å². The maximum Gasteiger partial charge on any atom is 0.0625 e. The van der Waals surface area contributed by atoms with E-state index in [4.69, 9.17) is 0 Å². The van der Waals surface area contributed by atoms with E-state index in [1.807, 2.05) is 11.7 Å². The molecule has 1 rings (SSSR count). The molecule has 1 aromatic rings. The highest BCUT2D eigenvalue weighted by atomic mass is 79.9. The molecule has 0 aliphatic heterocycles. The zero-order valence-corrected chi connectivity index (χ0v) is 13.7. The Hall–Kier alpha value is -0.350. The molecule has 0 N–H and O–H groups in total. The molecule has 0 aliphatic rings. The molecule has 0 aromatic carbocycles. The lowest BCUT2D eigenvalue weighted by Gasteiger charge is -2.29. The highest BCUT2D eigenvalue weighted by molar-refractivity contribution is 9.09. The van der Waals surface area contributed by atoms with Crippen molar-refractivity contribution in [3.8, 4) is 0 Å². The number of aromatic nitrogens is 2. The van der Waals surface area contributed by atoms with Crippen molar-refractivity contribution in [1.82, 2.24) is 14.7 Å². The zero-order chi connectivity index (χ0) is 13.5. The summed E-state index contributed by atoms with van der Waals surface area (Å²) in [6.07, 6.45) is 3.43. The van der Waals surface area contributed by atoms with Gasteiger partial charge >= 0.3 is 0 Å². The number of halogens is 1. The quantitative estimate of drug-likeness (QED) is 0.686. The predicted molar refractivity (Wildman–Crippen MR) is 81.2 cm³/mol. The molecule has 0 aliphatic carbocycles. The third kappa shape index (κ3) is 4.09. The largest absolute Gasteiger partial charge is 0.294 e.